The molecule has 1 amide bonds. The van der Waals surface area contributed by atoms with Gasteiger partial charge in [-0.05, 0) is 24.5 Å². The molecule has 1 aromatic rings. The molecule has 6 nitrogen and oxygen atoms in total. The van der Waals surface area contributed by atoms with Crippen molar-refractivity contribution in [3.05, 3.63) is 22.7 Å². The summed E-state index contributed by atoms with van der Waals surface area (Å²) in [6.45, 7) is 0.209. The predicted octanol–water partition coefficient (Wildman–Crippen LogP) is 2.86. The fourth-order valence-corrected chi connectivity index (χ4v) is 3.31. The van der Waals surface area contributed by atoms with Gasteiger partial charge in [0.2, 0.25) is 5.91 Å². The van der Waals surface area contributed by atoms with Gasteiger partial charge in [0.1, 0.15) is 0 Å². The molecule has 1 aliphatic carbocycles. The van der Waals surface area contributed by atoms with E-state index in [1.165, 1.54) is 14.2 Å². The molecular weight excluding hydrogens is 334 g/mol. The average Bonchev–Trinajstić information content (AvgIpc) is 2.59. The van der Waals surface area contributed by atoms with E-state index in [9.17, 15) is 14.7 Å². The molecule has 2 rings (SSSR count). The lowest BCUT2D eigenvalue weighted by molar-refractivity contribution is -0.148. The number of carbonyl (C=O) groups is 2. The molecule has 1 saturated carbocycles. The van der Waals surface area contributed by atoms with Crippen molar-refractivity contribution < 1.29 is 24.2 Å². The van der Waals surface area contributed by atoms with E-state index in [-0.39, 0.29) is 12.5 Å². The fourth-order valence-electron chi connectivity index (χ4n) is 3.09. The first-order valence-electron chi connectivity index (χ1n) is 7.88. The third-order valence-corrected chi connectivity index (χ3v) is 4.78. The second-order valence-electron chi connectivity index (χ2n) is 5.85. The lowest BCUT2D eigenvalue weighted by Gasteiger charge is -2.27. The summed E-state index contributed by atoms with van der Waals surface area (Å²) >= 11 is 6.20. The summed E-state index contributed by atoms with van der Waals surface area (Å²) in [7, 11) is 3.04. The number of carboxylic acids is 1. The van der Waals surface area contributed by atoms with Gasteiger partial charge in [0.15, 0.2) is 11.5 Å². The minimum Gasteiger partial charge on any atom is -0.493 e. The van der Waals surface area contributed by atoms with Gasteiger partial charge in [0.05, 0.1) is 26.1 Å². The molecule has 0 spiro atoms. The monoisotopic (exact) mass is 355 g/mol. The number of rotatable bonds is 6. The molecule has 1 aromatic carbocycles. The van der Waals surface area contributed by atoms with Crippen LogP contribution in [0.3, 0.4) is 0 Å². The maximum Gasteiger partial charge on any atom is 0.307 e. The van der Waals surface area contributed by atoms with E-state index in [1.807, 2.05) is 0 Å². The fraction of sp³-hybridized carbons (Fsp3) is 0.529. The van der Waals surface area contributed by atoms with Gasteiger partial charge in [-0.2, -0.15) is 0 Å². The Balaban J connectivity index is 2.07. The van der Waals surface area contributed by atoms with Crippen molar-refractivity contribution in [1.82, 2.24) is 5.32 Å². The minimum absolute atomic E-state index is 0.209. The maximum absolute atomic E-state index is 12.4. The highest BCUT2D eigenvalue weighted by Crippen LogP contribution is 2.34. The van der Waals surface area contributed by atoms with Crippen LogP contribution in [0.25, 0.3) is 0 Å². The van der Waals surface area contributed by atoms with Crippen LogP contribution in [0.2, 0.25) is 5.02 Å². The Morgan fingerprint density at radius 3 is 2.33 bits per heavy atom. The first-order chi connectivity index (χ1) is 11.5. The summed E-state index contributed by atoms with van der Waals surface area (Å²) in [4.78, 5) is 23.7. The van der Waals surface area contributed by atoms with Crippen molar-refractivity contribution in [2.24, 2.45) is 11.8 Å². The SMILES string of the molecule is COc1cc(Cl)c(CNC(=O)C2CCCCC2C(=O)O)cc1OC. The zero-order chi connectivity index (χ0) is 17.7. The summed E-state index contributed by atoms with van der Waals surface area (Å²) in [5.74, 6) is -1.22. The zero-order valence-corrected chi connectivity index (χ0v) is 14.6. The Bertz CT molecular complexity index is 619. The summed E-state index contributed by atoms with van der Waals surface area (Å²) in [5, 5.41) is 12.5. The molecule has 2 atom stereocenters. The Hall–Kier alpha value is -1.95. The van der Waals surface area contributed by atoms with Gasteiger partial charge in [-0.3, -0.25) is 9.59 Å². The number of nitrogens with one attached hydrogen (secondary N) is 1. The normalized spacial score (nSPS) is 20.3. The molecule has 0 bridgehead atoms. The molecule has 0 saturated heterocycles. The second kappa shape index (κ2) is 8.24. The van der Waals surface area contributed by atoms with Crippen LogP contribution in [0.1, 0.15) is 31.2 Å². The number of carbonyl (C=O) groups excluding carboxylic acids is 1. The second-order valence-corrected chi connectivity index (χ2v) is 6.26. The summed E-state index contributed by atoms with van der Waals surface area (Å²) in [5.41, 5.74) is 0.686. The molecule has 0 heterocycles. The summed E-state index contributed by atoms with van der Waals surface area (Å²) < 4.78 is 10.4. The highest BCUT2D eigenvalue weighted by molar-refractivity contribution is 6.31. The largest absolute Gasteiger partial charge is 0.493 e. The molecule has 0 aliphatic heterocycles. The van der Waals surface area contributed by atoms with Crippen LogP contribution in [-0.4, -0.2) is 31.2 Å². The third-order valence-electron chi connectivity index (χ3n) is 4.43. The molecule has 24 heavy (non-hydrogen) atoms. The summed E-state index contributed by atoms with van der Waals surface area (Å²) in [6.07, 6.45) is 2.87. The first kappa shape index (κ1) is 18.4. The quantitative estimate of drug-likeness (QED) is 0.819. The van der Waals surface area contributed by atoms with Crippen LogP contribution in [-0.2, 0) is 16.1 Å². The van der Waals surface area contributed by atoms with Crippen LogP contribution in [0.4, 0.5) is 0 Å². The third kappa shape index (κ3) is 4.12. The Morgan fingerprint density at radius 2 is 1.75 bits per heavy atom. The van der Waals surface area contributed by atoms with Crippen LogP contribution in [0.5, 0.6) is 11.5 Å². The number of halogens is 1. The van der Waals surface area contributed by atoms with E-state index in [0.717, 1.165) is 12.8 Å². The maximum atomic E-state index is 12.4. The highest BCUT2D eigenvalue weighted by Gasteiger charge is 2.35. The molecule has 0 aromatic heterocycles. The minimum atomic E-state index is -0.904. The average molecular weight is 356 g/mol. The smallest absolute Gasteiger partial charge is 0.307 e. The van der Waals surface area contributed by atoms with E-state index in [1.54, 1.807) is 12.1 Å². The molecule has 7 heteroatoms. The first-order valence-corrected chi connectivity index (χ1v) is 8.26. The predicted molar refractivity (Wildman–Crippen MR) is 89.5 cm³/mol. The van der Waals surface area contributed by atoms with Gasteiger partial charge in [-0.25, -0.2) is 0 Å². The number of amides is 1. The standard InChI is InChI=1S/C17H22ClNO5/c1-23-14-7-10(13(18)8-15(14)24-2)9-19-16(20)11-5-3-4-6-12(11)17(21)22/h7-8,11-12H,3-6,9H2,1-2H3,(H,19,20)(H,21,22). The van der Waals surface area contributed by atoms with Crippen LogP contribution in [0, 0.1) is 11.8 Å². The molecular formula is C17H22ClNO5. The van der Waals surface area contributed by atoms with Gasteiger partial charge in [0.25, 0.3) is 0 Å². The van der Waals surface area contributed by atoms with Crippen molar-refractivity contribution in [1.29, 1.82) is 0 Å². The molecule has 1 aliphatic rings. The van der Waals surface area contributed by atoms with Gasteiger partial charge in [-0.1, -0.05) is 24.4 Å². The molecule has 1 fully saturated rings. The van der Waals surface area contributed by atoms with Gasteiger partial charge >= 0.3 is 5.97 Å². The molecule has 132 valence electrons. The van der Waals surface area contributed by atoms with Crippen LogP contribution in [0.15, 0.2) is 12.1 Å². The van der Waals surface area contributed by atoms with Crippen molar-refractivity contribution >= 4 is 23.5 Å². The number of hydrogen-bond donors (Lipinski definition) is 2. The van der Waals surface area contributed by atoms with Crippen molar-refractivity contribution in [3.63, 3.8) is 0 Å². The lowest BCUT2D eigenvalue weighted by atomic mass is 9.78. The highest BCUT2D eigenvalue weighted by atomic mass is 35.5. The van der Waals surface area contributed by atoms with Gasteiger partial charge in [-0.15, -0.1) is 0 Å². The zero-order valence-electron chi connectivity index (χ0n) is 13.8. The Morgan fingerprint density at radius 1 is 1.17 bits per heavy atom. The van der Waals surface area contributed by atoms with Gasteiger partial charge in [0, 0.05) is 17.6 Å². The van der Waals surface area contributed by atoms with Gasteiger partial charge < -0.3 is 19.9 Å². The van der Waals surface area contributed by atoms with Crippen molar-refractivity contribution in [2.75, 3.05) is 14.2 Å². The summed E-state index contributed by atoms with van der Waals surface area (Å²) in [6, 6.07) is 3.33. The van der Waals surface area contributed by atoms with E-state index in [2.05, 4.69) is 5.32 Å². The number of aliphatic carboxylic acids is 1. The van der Waals surface area contributed by atoms with E-state index in [4.69, 9.17) is 21.1 Å². The molecule has 0 radical (unpaired) electrons. The van der Waals surface area contributed by atoms with Crippen LogP contribution >= 0.6 is 11.6 Å². The number of benzene rings is 1. The van der Waals surface area contributed by atoms with E-state index >= 15 is 0 Å². The topological polar surface area (TPSA) is 84.9 Å². The molecule has 2 unspecified atom stereocenters. The number of hydrogen-bond acceptors (Lipinski definition) is 4. The molecule has 2 N–H and O–H groups in total. The van der Waals surface area contributed by atoms with E-state index in [0.29, 0.717) is 34.9 Å². The Labute approximate surface area is 146 Å². The number of methoxy groups -OCH3 is 2. The van der Waals surface area contributed by atoms with Crippen molar-refractivity contribution in [3.8, 4) is 11.5 Å². The van der Waals surface area contributed by atoms with Crippen molar-refractivity contribution in [2.45, 2.75) is 32.2 Å². The number of carboxylic acid groups (broad SMARTS) is 1. The van der Waals surface area contributed by atoms with Crippen LogP contribution < -0.4 is 14.8 Å². The Kier molecular flexibility index (Phi) is 6.31. The van der Waals surface area contributed by atoms with E-state index < -0.39 is 17.8 Å². The lowest BCUT2D eigenvalue weighted by Crippen LogP contribution is -2.39. The number of ether oxygens (including phenoxy) is 2.